The fourth-order valence-corrected chi connectivity index (χ4v) is 1.27. The smallest absolute Gasteiger partial charge is 0.338 e. The van der Waals surface area contributed by atoms with Crippen LogP contribution < -0.4 is 11.1 Å². The highest BCUT2D eigenvalue weighted by molar-refractivity contribution is 5.89. The van der Waals surface area contributed by atoms with E-state index in [0.29, 0.717) is 18.7 Å². The monoisotopic (exact) mass is 222 g/mol. The van der Waals surface area contributed by atoms with Crippen molar-refractivity contribution in [3.63, 3.8) is 0 Å². The lowest BCUT2D eigenvalue weighted by molar-refractivity contribution is 0.0526. The molecule has 1 aromatic carbocycles. The zero-order chi connectivity index (χ0) is 11.8. The zero-order valence-corrected chi connectivity index (χ0v) is 9.53. The second-order valence-electron chi connectivity index (χ2n) is 3.37. The molecule has 3 N–H and O–H groups in total. The van der Waals surface area contributed by atoms with Crippen LogP contribution in [-0.2, 0) is 4.74 Å². The molecule has 0 radical (unpaired) electrons. The minimum atomic E-state index is -0.281. The summed E-state index contributed by atoms with van der Waals surface area (Å²) in [6.07, 6.45) is 0.930. The summed E-state index contributed by atoms with van der Waals surface area (Å²) < 4.78 is 4.89. The van der Waals surface area contributed by atoms with Gasteiger partial charge in [0.1, 0.15) is 0 Å². The van der Waals surface area contributed by atoms with Crippen LogP contribution in [0.25, 0.3) is 0 Å². The molecule has 0 saturated carbocycles. The van der Waals surface area contributed by atoms with Gasteiger partial charge in [0.25, 0.3) is 0 Å². The number of benzene rings is 1. The van der Waals surface area contributed by atoms with Crippen LogP contribution in [0, 0.1) is 0 Å². The summed E-state index contributed by atoms with van der Waals surface area (Å²) in [5.74, 6) is -0.281. The number of hydrogen-bond acceptors (Lipinski definition) is 4. The highest BCUT2D eigenvalue weighted by Crippen LogP contribution is 2.10. The Balaban J connectivity index is 2.50. The van der Waals surface area contributed by atoms with E-state index in [9.17, 15) is 4.79 Å². The maximum Gasteiger partial charge on any atom is 0.338 e. The minimum absolute atomic E-state index is 0.281. The average Bonchev–Trinajstić information content (AvgIpc) is 2.30. The fraction of sp³-hybridized carbons (Fsp3) is 0.417. The van der Waals surface area contributed by atoms with E-state index < -0.39 is 0 Å². The lowest BCUT2D eigenvalue weighted by Crippen LogP contribution is -2.09. The van der Waals surface area contributed by atoms with Gasteiger partial charge in [-0.25, -0.2) is 4.79 Å². The highest BCUT2D eigenvalue weighted by atomic mass is 16.5. The van der Waals surface area contributed by atoms with E-state index in [1.807, 2.05) is 12.1 Å². The van der Waals surface area contributed by atoms with Crippen LogP contribution in [0.5, 0.6) is 0 Å². The number of esters is 1. The molecule has 0 fully saturated rings. The van der Waals surface area contributed by atoms with Crippen molar-refractivity contribution in [2.24, 2.45) is 5.73 Å². The van der Waals surface area contributed by atoms with Crippen LogP contribution in [-0.4, -0.2) is 25.7 Å². The van der Waals surface area contributed by atoms with Crippen molar-refractivity contribution in [1.82, 2.24) is 0 Å². The van der Waals surface area contributed by atoms with Gasteiger partial charge in [0.05, 0.1) is 12.2 Å². The molecule has 0 spiro atoms. The zero-order valence-electron chi connectivity index (χ0n) is 9.53. The van der Waals surface area contributed by atoms with Gasteiger partial charge >= 0.3 is 5.97 Å². The van der Waals surface area contributed by atoms with Gasteiger partial charge < -0.3 is 15.8 Å². The quantitative estimate of drug-likeness (QED) is 0.567. The van der Waals surface area contributed by atoms with Crippen LogP contribution in [0.3, 0.4) is 0 Å². The summed E-state index contributed by atoms with van der Waals surface area (Å²) in [6, 6.07) is 7.23. The van der Waals surface area contributed by atoms with Crippen molar-refractivity contribution >= 4 is 11.7 Å². The van der Waals surface area contributed by atoms with Gasteiger partial charge in [-0.2, -0.15) is 0 Å². The van der Waals surface area contributed by atoms with Crippen LogP contribution >= 0.6 is 0 Å². The molecule has 1 rings (SSSR count). The Morgan fingerprint density at radius 3 is 2.62 bits per heavy atom. The van der Waals surface area contributed by atoms with Crippen LogP contribution in [0.4, 0.5) is 5.69 Å². The summed E-state index contributed by atoms with van der Waals surface area (Å²) in [4.78, 5) is 11.4. The summed E-state index contributed by atoms with van der Waals surface area (Å²) in [6.45, 7) is 3.71. The maximum absolute atomic E-state index is 11.4. The molecule has 0 heterocycles. The molecule has 4 nitrogen and oxygen atoms in total. The maximum atomic E-state index is 11.4. The Morgan fingerprint density at radius 1 is 1.38 bits per heavy atom. The van der Waals surface area contributed by atoms with Gasteiger partial charge in [-0.3, -0.25) is 0 Å². The number of carbonyl (C=O) groups is 1. The first-order valence-electron chi connectivity index (χ1n) is 5.49. The van der Waals surface area contributed by atoms with Crippen molar-refractivity contribution in [3.05, 3.63) is 29.8 Å². The number of nitrogens with two attached hydrogens (primary N) is 1. The second-order valence-corrected chi connectivity index (χ2v) is 3.37. The third-order valence-corrected chi connectivity index (χ3v) is 2.11. The molecule has 0 aliphatic rings. The summed E-state index contributed by atoms with van der Waals surface area (Å²) in [5.41, 5.74) is 6.95. The van der Waals surface area contributed by atoms with E-state index in [1.54, 1.807) is 19.1 Å². The molecular formula is C12H18N2O2. The number of nitrogens with one attached hydrogen (secondary N) is 1. The van der Waals surface area contributed by atoms with Gasteiger partial charge in [-0.15, -0.1) is 0 Å². The molecule has 16 heavy (non-hydrogen) atoms. The molecule has 0 saturated heterocycles. The third kappa shape index (κ3) is 3.90. The Morgan fingerprint density at radius 2 is 2.06 bits per heavy atom. The minimum Gasteiger partial charge on any atom is -0.462 e. The number of ether oxygens (including phenoxy) is 1. The first-order valence-corrected chi connectivity index (χ1v) is 5.49. The third-order valence-electron chi connectivity index (χ3n) is 2.11. The van der Waals surface area contributed by atoms with E-state index in [2.05, 4.69) is 5.32 Å². The van der Waals surface area contributed by atoms with Gasteiger partial charge in [-0.1, -0.05) is 0 Å². The van der Waals surface area contributed by atoms with Gasteiger partial charge in [-0.05, 0) is 44.2 Å². The molecule has 0 atom stereocenters. The molecule has 88 valence electrons. The van der Waals surface area contributed by atoms with Crippen LogP contribution in [0.15, 0.2) is 24.3 Å². The predicted octanol–water partition coefficient (Wildman–Crippen LogP) is 1.62. The Labute approximate surface area is 95.8 Å². The molecule has 0 aromatic heterocycles. The van der Waals surface area contributed by atoms with Crippen molar-refractivity contribution in [2.45, 2.75) is 13.3 Å². The van der Waals surface area contributed by atoms with E-state index in [1.165, 1.54) is 0 Å². The van der Waals surface area contributed by atoms with Crippen LogP contribution in [0.1, 0.15) is 23.7 Å². The first-order chi connectivity index (χ1) is 7.77. The average molecular weight is 222 g/mol. The number of anilines is 1. The Kier molecular flexibility index (Phi) is 5.36. The second kappa shape index (κ2) is 6.85. The molecule has 0 aliphatic heterocycles. The Bertz CT molecular complexity index is 322. The fourth-order valence-electron chi connectivity index (χ4n) is 1.27. The van der Waals surface area contributed by atoms with E-state index in [4.69, 9.17) is 10.5 Å². The summed E-state index contributed by atoms with van der Waals surface area (Å²) in [7, 11) is 0. The van der Waals surface area contributed by atoms with Crippen molar-refractivity contribution < 1.29 is 9.53 Å². The van der Waals surface area contributed by atoms with Crippen molar-refractivity contribution in [3.8, 4) is 0 Å². The molecule has 0 unspecified atom stereocenters. The summed E-state index contributed by atoms with van der Waals surface area (Å²) in [5, 5.41) is 3.21. The van der Waals surface area contributed by atoms with Gasteiger partial charge in [0, 0.05) is 12.2 Å². The summed E-state index contributed by atoms with van der Waals surface area (Å²) >= 11 is 0. The molecule has 0 aliphatic carbocycles. The van der Waals surface area contributed by atoms with Gasteiger partial charge in [0.2, 0.25) is 0 Å². The predicted molar refractivity (Wildman–Crippen MR) is 64.6 cm³/mol. The molecule has 1 aromatic rings. The Hall–Kier alpha value is -1.55. The number of hydrogen-bond donors (Lipinski definition) is 2. The van der Waals surface area contributed by atoms with Crippen molar-refractivity contribution in [2.75, 3.05) is 25.0 Å². The molecular weight excluding hydrogens is 204 g/mol. The SMILES string of the molecule is CCOC(=O)c1ccc(NCCCN)cc1. The van der Waals surface area contributed by atoms with Crippen molar-refractivity contribution in [1.29, 1.82) is 0 Å². The highest BCUT2D eigenvalue weighted by Gasteiger charge is 2.04. The van der Waals surface area contributed by atoms with Crippen LogP contribution in [0.2, 0.25) is 0 Å². The lowest BCUT2D eigenvalue weighted by Gasteiger charge is -2.06. The normalized spacial score (nSPS) is 9.88. The number of rotatable bonds is 6. The first kappa shape index (κ1) is 12.5. The van der Waals surface area contributed by atoms with E-state index >= 15 is 0 Å². The molecule has 4 heteroatoms. The lowest BCUT2D eigenvalue weighted by atomic mass is 10.2. The largest absolute Gasteiger partial charge is 0.462 e. The number of carbonyl (C=O) groups excluding carboxylic acids is 1. The standard InChI is InChI=1S/C12H18N2O2/c1-2-16-12(15)10-4-6-11(7-5-10)14-9-3-8-13/h4-7,14H,2-3,8-9,13H2,1H3. The van der Waals surface area contributed by atoms with E-state index in [-0.39, 0.29) is 5.97 Å². The topological polar surface area (TPSA) is 64.3 Å². The van der Waals surface area contributed by atoms with E-state index in [0.717, 1.165) is 18.7 Å². The van der Waals surface area contributed by atoms with Gasteiger partial charge in [0.15, 0.2) is 0 Å². The molecule has 0 amide bonds. The molecule has 0 bridgehead atoms.